The Morgan fingerprint density at radius 2 is 1.90 bits per heavy atom. The highest BCUT2D eigenvalue weighted by Gasteiger charge is 2.31. The third-order valence-corrected chi connectivity index (χ3v) is 5.46. The Balaban J connectivity index is 1.68. The van der Waals surface area contributed by atoms with Gasteiger partial charge in [0.25, 0.3) is 17.1 Å². The first kappa shape index (κ1) is 21.4. The molecule has 3 rings (SSSR count). The average Bonchev–Trinajstić information content (AvgIpc) is 2.96. The van der Waals surface area contributed by atoms with E-state index >= 15 is 0 Å². The van der Waals surface area contributed by atoms with Gasteiger partial charge in [0.15, 0.2) is 18.1 Å². The van der Waals surface area contributed by atoms with Crippen molar-refractivity contribution in [1.29, 1.82) is 0 Å². The van der Waals surface area contributed by atoms with E-state index in [4.69, 9.17) is 9.47 Å². The molecule has 30 heavy (non-hydrogen) atoms. The molecule has 0 saturated carbocycles. The van der Waals surface area contributed by atoms with Gasteiger partial charge >= 0.3 is 0 Å². The molecule has 2 aromatic carbocycles. The number of nitrogens with one attached hydrogen (secondary N) is 1. The van der Waals surface area contributed by atoms with Crippen LogP contribution in [0.1, 0.15) is 16.7 Å². The van der Waals surface area contributed by atoms with Crippen LogP contribution in [0.25, 0.3) is 6.08 Å². The summed E-state index contributed by atoms with van der Waals surface area (Å²) in [6, 6.07) is 10.9. The molecule has 1 aliphatic rings. The fraction of sp³-hybridized carbons (Fsp3) is 0.227. The number of imide groups is 1. The number of thioether (sulfide) groups is 1. The number of hydrogen-bond donors (Lipinski definition) is 1. The quantitative estimate of drug-likeness (QED) is 0.703. The lowest BCUT2D eigenvalue weighted by molar-refractivity contribution is -0.121. The predicted molar refractivity (Wildman–Crippen MR) is 117 cm³/mol. The zero-order chi connectivity index (χ0) is 21.8. The molecule has 8 heteroatoms. The smallest absolute Gasteiger partial charge is 0.293 e. The second-order valence-corrected chi connectivity index (χ2v) is 7.80. The van der Waals surface area contributed by atoms with Gasteiger partial charge < -0.3 is 14.8 Å². The Bertz CT molecular complexity index is 1050. The fourth-order valence-corrected chi connectivity index (χ4v) is 3.62. The summed E-state index contributed by atoms with van der Waals surface area (Å²) in [5.41, 5.74) is 3.44. The maximum atomic E-state index is 12.3. The van der Waals surface area contributed by atoms with Crippen LogP contribution in [-0.4, -0.2) is 42.7 Å². The average molecular weight is 426 g/mol. The van der Waals surface area contributed by atoms with Crippen molar-refractivity contribution >= 4 is 40.6 Å². The molecular formula is C22H22N2O5S. The minimum Gasteiger partial charge on any atom is -0.493 e. The van der Waals surface area contributed by atoms with E-state index in [1.807, 2.05) is 32.0 Å². The number of ether oxygens (including phenoxy) is 2. The van der Waals surface area contributed by atoms with Crippen molar-refractivity contribution in [3.05, 3.63) is 58.0 Å². The molecule has 0 atom stereocenters. The second kappa shape index (κ2) is 9.04. The molecule has 2 aromatic rings. The topological polar surface area (TPSA) is 84.9 Å². The van der Waals surface area contributed by atoms with Gasteiger partial charge in [0.05, 0.1) is 12.0 Å². The van der Waals surface area contributed by atoms with Crippen LogP contribution in [0.3, 0.4) is 0 Å². The maximum absolute atomic E-state index is 12.3. The molecule has 0 bridgehead atoms. The zero-order valence-corrected chi connectivity index (χ0v) is 18.0. The SMILES string of the molecule is COc1cc(/C=C2/SC(=O)N(C)C2=O)ccc1OCC(=O)Nc1cc(C)ccc1C. The Morgan fingerprint density at radius 3 is 2.57 bits per heavy atom. The highest BCUT2D eigenvalue weighted by molar-refractivity contribution is 8.18. The van der Waals surface area contributed by atoms with Gasteiger partial charge in [-0.3, -0.25) is 19.3 Å². The third kappa shape index (κ3) is 4.83. The van der Waals surface area contributed by atoms with E-state index in [2.05, 4.69) is 5.32 Å². The van der Waals surface area contributed by atoms with Gasteiger partial charge in [0.1, 0.15) is 0 Å². The molecular weight excluding hydrogens is 404 g/mol. The molecule has 0 spiro atoms. The Hall–Kier alpha value is -3.26. The number of aryl methyl sites for hydroxylation is 2. The summed E-state index contributed by atoms with van der Waals surface area (Å²) in [7, 11) is 2.93. The molecule has 1 N–H and O–H groups in total. The summed E-state index contributed by atoms with van der Waals surface area (Å²) in [5, 5.41) is 2.53. The van der Waals surface area contributed by atoms with Crippen molar-refractivity contribution < 1.29 is 23.9 Å². The van der Waals surface area contributed by atoms with Gasteiger partial charge in [-0.15, -0.1) is 0 Å². The molecule has 1 aliphatic heterocycles. The number of amides is 3. The molecule has 0 unspecified atom stereocenters. The van der Waals surface area contributed by atoms with Crippen molar-refractivity contribution in [2.75, 3.05) is 26.1 Å². The van der Waals surface area contributed by atoms with E-state index in [1.54, 1.807) is 24.3 Å². The number of anilines is 1. The molecule has 0 radical (unpaired) electrons. The normalized spacial score (nSPS) is 14.9. The van der Waals surface area contributed by atoms with Crippen molar-refractivity contribution in [3.8, 4) is 11.5 Å². The Kier molecular flexibility index (Phi) is 6.47. The van der Waals surface area contributed by atoms with Crippen LogP contribution in [0.2, 0.25) is 0 Å². The highest BCUT2D eigenvalue weighted by Crippen LogP contribution is 2.33. The van der Waals surface area contributed by atoms with Crippen molar-refractivity contribution in [3.63, 3.8) is 0 Å². The summed E-state index contributed by atoms with van der Waals surface area (Å²) in [5.74, 6) is 0.187. The number of carbonyl (C=O) groups is 3. The van der Waals surface area contributed by atoms with Crippen LogP contribution in [0, 0.1) is 13.8 Å². The first-order valence-electron chi connectivity index (χ1n) is 9.18. The van der Waals surface area contributed by atoms with Gasteiger partial charge in [-0.25, -0.2) is 0 Å². The first-order chi connectivity index (χ1) is 14.3. The van der Waals surface area contributed by atoms with Crippen LogP contribution >= 0.6 is 11.8 Å². The maximum Gasteiger partial charge on any atom is 0.293 e. The summed E-state index contributed by atoms with van der Waals surface area (Å²) < 4.78 is 11.0. The van der Waals surface area contributed by atoms with Crippen LogP contribution in [-0.2, 0) is 9.59 Å². The molecule has 3 amide bonds. The van der Waals surface area contributed by atoms with Crippen LogP contribution in [0.15, 0.2) is 41.3 Å². The number of rotatable bonds is 6. The van der Waals surface area contributed by atoms with Crippen molar-refractivity contribution in [1.82, 2.24) is 4.90 Å². The summed E-state index contributed by atoms with van der Waals surface area (Å²) in [4.78, 5) is 37.3. The largest absolute Gasteiger partial charge is 0.493 e. The van der Waals surface area contributed by atoms with Gasteiger partial charge in [-0.1, -0.05) is 18.2 Å². The van der Waals surface area contributed by atoms with Gasteiger partial charge in [-0.05, 0) is 66.6 Å². The lowest BCUT2D eigenvalue weighted by atomic mass is 10.1. The number of hydrogen-bond acceptors (Lipinski definition) is 6. The van der Waals surface area contributed by atoms with Crippen molar-refractivity contribution in [2.45, 2.75) is 13.8 Å². The van der Waals surface area contributed by atoms with Crippen LogP contribution < -0.4 is 14.8 Å². The second-order valence-electron chi connectivity index (χ2n) is 6.81. The molecule has 1 heterocycles. The standard InChI is InChI=1S/C22H22N2O5S/c1-13-5-6-14(2)16(9-13)23-20(25)12-29-17-8-7-15(10-18(17)28-4)11-19-21(26)24(3)22(27)30-19/h5-11H,12H2,1-4H3,(H,23,25)/b19-11+. The number of likely N-dealkylation sites (N-methyl/N-ethyl adjacent to an activating group) is 1. The van der Waals surface area contributed by atoms with E-state index in [0.29, 0.717) is 22.0 Å². The zero-order valence-electron chi connectivity index (χ0n) is 17.1. The number of carbonyl (C=O) groups excluding carboxylic acids is 3. The molecule has 7 nitrogen and oxygen atoms in total. The van der Waals surface area contributed by atoms with Gasteiger partial charge in [0.2, 0.25) is 0 Å². The third-order valence-electron chi connectivity index (χ3n) is 4.50. The van der Waals surface area contributed by atoms with Crippen LogP contribution in [0.5, 0.6) is 11.5 Å². The van der Waals surface area contributed by atoms with Crippen molar-refractivity contribution in [2.24, 2.45) is 0 Å². The number of benzene rings is 2. The first-order valence-corrected chi connectivity index (χ1v) is 9.99. The summed E-state index contributed by atoms with van der Waals surface area (Å²) >= 11 is 0.885. The number of methoxy groups -OCH3 is 1. The minimum atomic E-state index is -0.340. The van der Waals surface area contributed by atoms with Gasteiger partial charge in [-0.2, -0.15) is 0 Å². The van der Waals surface area contributed by atoms with E-state index in [9.17, 15) is 14.4 Å². The molecule has 1 saturated heterocycles. The van der Waals surface area contributed by atoms with Crippen LogP contribution in [0.4, 0.5) is 10.5 Å². The molecule has 0 aliphatic carbocycles. The lowest BCUT2D eigenvalue weighted by Gasteiger charge is -2.13. The Labute approximate surface area is 179 Å². The van der Waals surface area contributed by atoms with E-state index in [1.165, 1.54) is 14.2 Å². The minimum absolute atomic E-state index is 0.183. The Morgan fingerprint density at radius 1 is 1.13 bits per heavy atom. The molecule has 1 fully saturated rings. The predicted octanol–water partition coefficient (Wildman–Crippen LogP) is 4.00. The van der Waals surface area contributed by atoms with E-state index in [-0.39, 0.29) is 23.7 Å². The number of nitrogens with zero attached hydrogens (tertiary/aromatic N) is 1. The monoisotopic (exact) mass is 426 g/mol. The van der Waals surface area contributed by atoms with E-state index in [0.717, 1.165) is 33.5 Å². The fourth-order valence-electron chi connectivity index (χ4n) is 2.79. The van der Waals surface area contributed by atoms with Gasteiger partial charge in [0, 0.05) is 12.7 Å². The molecule has 156 valence electrons. The molecule has 0 aromatic heterocycles. The van der Waals surface area contributed by atoms with E-state index < -0.39 is 0 Å². The highest BCUT2D eigenvalue weighted by atomic mass is 32.2. The summed E-state index contributed by atoms with van der Waals surface area (Å²) in [6.45, 7) is 3.70. The summed E-state index contributed by atoms with van der Waals surface area (Å²) in [6.07, 6.45) is 1.62. The lowest BCUT2D eigenvalue weighted by Crippen LogP contribution is -2.22.